The van der Waals surface area contributed by atoms with Crippen molar-refractivity contribution in [1.82, 2.24) is 10.4 Å². The topological polar surface area (TPSA) is 122 Å². The van der Waals surface area contributed by atoms with Gasteiger partial charge in [0.15, 0.2) is 0 Å². The lowest BCUT2D eigenvalue weighted by atomic mass is 10.0. The first-order chi connectivity index (χ1) is 10.3. The van der Waals surface area contributed by atoms with Crippen molar-refractivity contribution in [1.29, 1.82) is 0 Å². The van der Waals surface area contributed by atoms with Crippen molar-refractivity contribution in [3.63, 3.8) is 0 Å². The zero-order chi connectivity index (χ0) is 16.4. The second-order valence-corrected chi connectivity index (χ2v) is 5.59. The molecular formula is C12H14N2O7S. The van der Waals surface area contributed by atoms with E-state index in [0.29, 0.717) is 5.06 Å². The van der Waals surface area contributed by atoms with Crippen LogP contribution in [0.4, 0.5) is 0 Å². The summed E-state index contributed by atoms with van der Waals surface area (Å²) in [4.78, 5) is 23.8. The smallest absolute Gasteiger partial charge is 0.349 e. The molecule has 1 aliphatic rings. The Bertz CT molecular complexity index is 676. The quantitative estimate of drug-likeness (QED) is 0.400. The van der Waals surface area contributed by atoms with Crippen LogP contribution < -0.4 is 5.32 Å². The van der Waals surface area contributed by atoms with Crippen molar-refractivity contribution < 1.29 is 31.6 Å². The maximum Gasteiger partial charge on any atom is 0.418 e. The molecule has 1 unspecified atom stereocenters. The largest absolute Gasteiger partial charge is 0.418 e. The third-order valence-electron chi connectivity index (χ3n) is 3.02. The molecule has 0 saturated carbocycles. The second-order valence-electron chi connectivity index (χ2n) is 4.59. The molecule has 10 heteroatoms. The van der Waals surface area contributed by atoms with Gasteiger partial charge < -0.3 is 10.1 Å². The van der Waals surface area contributed by atoms with Crippen LogP contribution in [0, 0.1) is 0 Å². The fraction of sp³-hybridized carbons (Fsp3) is 0.333. The predicted octanol–water partition coefficient (Wildman–Crippen LogP) is -0.735. The number of carbonyl (C=O) groups is 2. The Morgan fingerprint density at radius 3 is 2.55 bits per heavy atom. The van der Waals surface area contributed by atoms with Gasteiger partial charge in [0.1, 0.15) is 6.54 Å². The van der Waals surface area contributed by atoms with E-state index >= 15 is 0 Å². The van der Waals surface area contributed by atoms with Gasteiger partial charge in [-0.3, -0.25) is 14.1 Å². The molecule has 22 heavy (non-hydrogen) atoms. The number of amides is 2. The van der Waals surface area contributed by atoms with Gasteiger partial charge in [-0.1, -0.05) is 30.3 Å². The monoisotopic (exact) mass is 330 g/mol. The Morgan fingerprint density at radius 2 is 2.05 bits per heavy atom. The lowest BCUT2D eigenvalue weighted by Crippen LogP contribution is -2.75. The molecule has 2 N–H and O–H groups in total. The minimum Gasteiger partial charge on any atom is -0.349 e. The summed E-state index contributed by atoms with van der Waals surface area (Å²) >= 11 is 0. The molecule has 0 aliphatic carbocycles. The average molecular weight is 330 g/mol. The fourth-order valence-electron chi connectivity index (χ4n) is 1.97. The summed E-state index contributed by atoms with van der Waals surface area (Å²) in [5, 5.41) is 2.76. The van der Waals surface area contributed by atoms with Gasteiger partial charge in [0.2, 0.25) is 11.6 Å². The van der Waals surface area contributed by atoms with Crippen molar-refractivity contribution in [2.75, 3.05) is 13.7 Å². The third kappa shape index (κ3) is 3.60. The first kappa shape index (κ1) is 16.4. The van der Waals surface area contributed by atoms with E-state index in [1.165, 1.54) is 7.11 Å². The Morgan fingerprint density at radius 1 is 1.41 bits per heavy atom. The number of nitrogens with zero attached hydrogens (tertiary/aromatic N) is 1. The SMILES string of the molecule is COC1(NC(=O)Cc2ccccc2)CN(OS(=O)(=O)O)C1=O. The van der Waals surface area contributed by atoms with Gasteiger partial charge in [-0.05, 0) is 5.56 Å². The van der Waals surface area contributed by atoms with E-state index in [9.17, 15) is 18.0 Å². The lowest BCUT2D eigenvalue weighted by molar-refractivity contribution is -0.233. The first-order valence-corrected chi connectivity index (χ1v) is 7.51. The highest BCUT2D eigenvalue weighted by Crippen LogP contribution is 2.25. The molecule has 0 radical (unpaired) electrons. The first-order valence-electron chi connectivity index (χ1n) is 6.15. The Balaban J connectivity index is 1.98. The summed E-state index contributed by atoms with van der Waals surface area (Å²) in [6.45, 7) is -0.372. The number of benzene rings is 1. The van der Waals surface area contributed by atoms with Crippen LogP contribution in [0.2, 0.25) is 0 Å². The van der Waals surface area contributed by atoms with Crippen LogP contribution in [0.3, 0.4) is 0 Å². The molecule has 0 aromatic heterocycles. The molecule has 1 fully saturated rings. The van der Waals surface area contributed by atoms with Gasteiger partial charge in [-0.25, -0.2) is 0 Å². The van der Waals surface area contributed by atoms with Crippen molar-refractivity contribution in [2.45, 2.75) is 12.1 Å². The van der Waals surface area contributed by atoms with E-state index in [1.807, 2.05) is 0 Å². The Hall–Kier alpha value is -2.01. The summed E-state index contributed by atoms with van der Waals surface area (Å²) in [5.74, 6) is -1.41. The van der Waals surface area contributed by atoms with Crippen LogP contribution in [0.5, 0.6) is 0 Å². The van der Waals surface area contributed by atoms with E-state index < -0.39 is 27.9 Å². The van der Waals surface area contributed by atoms with Gasteiger partial charge in [0.05, 0.1) is 6.42 Å². The molecule has 1 aromatic carbocycles. The average Bonchev–Trinajstić information content (AvgIpc) is 2.45. The fourth-order valence-corrected chi connectivity index (χ4v) is 2.32. The van der Waals surface area contributed by atoms with Crippen molar-refractivity contribution in [3.8, 4) is 0 Å². The molecule has 2 rings (SSSR count). The number of hydroxylamine groups is 2. The van der Waals surface area contributed by atoms with Crippen LogP contribution in [-0.2, 0) is 35.4 Å². The molecule has 1 atom stereocenters. The molecular weight excluding hydrogens is 316 g/mol. The molecule has 120 valence electrons. The van der Waals surface area contributed by atoms with Crippen LogP contribution in [-0.4, -0.2) is 49.2 Å². The minimum atomic E-state index is -4.82. The summed E-state index contributed by atoms with van der Waals surface area (Å²) in [7, 11) is -3.63. The van der Waals surface area contributed by atoms with E-state index in [0.717, 1.165) is 5.56 Å². The standard InChI is InChI=1S/C12H14N2O7S/c1-20-12(8-14(11(12)16)21-22(17,18)19)13-10(15)7-9-5-3-2-4-6-9/h2-6H,7-8H2,1H3,(H,13,15)(H,17,18,19). The van der Waals surface area contributed by atoms with Crippen LogP contribution >= 0.6 is 0 Å². The molecule has 2 amide bonds. The van der Waals surface area contributed by atoms with Crippen LogP contribution in [0.1, 0.15) is 5.56 Å². The molecule has 1 aliphatic heterocycles. The van der Waals surface area contributed by atoms with Gasteiger partial charge in [-0.15, -0.1) is 4.28 Å². The number of β-lactam (4-membered cyclic amide) rings is 1. The van der Waals surface area contributed by atoms with Crippen molar-refractivity contribution in [3.05, 3.63) is 35.9 Å². The Labute approximate surface area is 126 Å². The zero-order valence-corrected chi connectivity index (χ0v) is 12.4. The zero-order valence-electron chi connectivity index (χ0n) is 11.6. The van der Waals surface area contributed by atoms with Crippen LogP contribution in [0.15, 0.2) is 30.3 Å². The predicted molar refractivity (Wildman–Crippen MR) is 72.4 cm³/mol. The van der Waals surface area contributed by atoms with Crippen LogP contribution in [0.25, 0.3) is 0 Å². The molecule has 1 saturated heterocycles. The molecule has 0 spiro atoms. The molecule has 9 nitrogen and oxygen atoms in total. The lowest BCUT2D eigenvalue weighted by Gasteiger charge is -2.44. The number of carbonyl (C=O) groups excluding carboxylic acids is 2. The number of nitrogens with one attached hydrogen (secondary N) is 1. The summed E-state index contributed by atoms with van der Waals surface area (Å²) in [6.07, 6.45) is 0.0262. The maximum absolute atomic E-state index is 11.9. The number of rotatable bonds is 6. The van der Waals surface area contributed by atoms with Gasteiger partial charge in [0, 0.05) is 7.11 Å². The Kier molecular flexibility index (Phi) is 4.47. The van der Waals surface area contributed by atoms with E-state index in [-0.39, 0.29) is 13.0 Å². The van der Waals surface area contributed by atoms with E-state index in [4.69, 9.17) is 9.29 Å². The molecule has 1 aromatic rings. The highest BCUT2D eigenvalue weighted by Gasteiger charge is 2.56. The van der Waals surface area contributed by atoms with Gasteiger partial charge in [0.25, 0.3) is 0 Å². The number of ether oxygens (including phenoxy) is 1. The molecule has 0 bridgehead atoms. The number of methoxy groups -OCH3 is 1. The summed E-state index contributed by atoms with van der Waals surface area (Å²) in [5.41, 5.74) is -0.958. The van der Waals surface area contributed by atoms with Gasteiger partial charge in [-0.2, -0.15) is 13.5 Å². The summed E-state index contributed by atoms with van der Waals surface area (Å²) in [6, 6.07) is 8.83. The number of hydrogen-bond donors (Lipinski definition) is 2. The molecule has 1 heterocycles. The van der Waals surface area contributed by atoms with E-state index in [2.05, 4.69) is 9.60 Å². The number of hydrogen-bond acceptors (Lipinski definition) is 6. The maximum atomic E-state index is 11.9. The minimum absolute atomic E-state index is 0.0262. The van der Waals surface area contributed by atoms with Crippen molar-refractivity contribution >= 4 is 22.2 Å². The van der Waals surface area contributed by atoms with Crippen molar-refractivity contribution in [2.24, 2.45) is 0 Å². The van der Waals surface area contributed by atoms with Gasteiger partial charge >= 0.3 is 16.3 Å². The summed E-state index contributed by atoms with van der Waals surface area (Å²) < 4.78 is 38.6. The highest BCUT2D eigenvalue weighted by atomic mass is 32.3. The van der Waals surface area contributed by atoms with E-state index in [1.54, 1.807) is 30.3 Å². The second kappa shape index (κ2) is 6.01. The normalized spacial score (nSPS) is 21.4. The highest BCUT2D eigenvalue weighted by molar-refractivity contribution is 7.80. The third-order valence-corrected chi connectivity index (χ3v) is 3.39.